The van der Waals surface area contributed by atoms with Crippen LogP contribution in [0.5, 0.6) is 0 Å². The minimum Gasteiger partial charge on any atom is -0.324 e. The molecule has 0 saturated carbocycles. The van der Waals surface area contributed by atoms with Crippen LogP contribution in [0.2, 0.25) is 0 Å². The molecule has 0 aromatic rings. The van der Waals surface area contributed by atoms with Crippen LogP contribution in [0.1, 0.15) is 52.4 Å². The molecule has 0 aliphatic carbocycles. The Morgan fingerprint density at radius 3 is 1.93 bits per heavy atom. The third-order valence-corrected chi connectivity index (χ3v) is 4.83. The van der Waals surface area contributed by atoms with Gasteiger partial charge in [-0.2, -0.15) is 0 Å². The molecule has 0 N–H and O–H groups in total. The van der Waals surface area contributed by atoms with E-state index < -0.39 is 0 Å². The number of piperidine rings is 3. The molecule has 3 aliphatic heterocycles. The van der Waals surface area contributed by atoms with Crippen molar-refractivity contribution in [2.75, 3.05) is 26.2 Å². The second-order valence-corrected chi connectivity index (χ2v) is 5.74. The summed E-state index contributed by atoms with van der Waals surface area (Å²) in [6.07, 6.45) is 8.86. The fraction of sp³-hybridized carbons (Fsp3) is 1.00. The maximum Gasteiger partial charge on any atom is 0.0792 e. The van der Waals surface area contributed by atoms with E-state index >= 15 is 0 Å². The molecule has 1 heteroatoms. The fourth-order valence-corrected chi connectivity index (χ4v) is 3.85. The normalized spacial score (nSPS) is 41.6. The van der Waals surface area contributed by atoms with E-state index in [0.29, 0.717) is 0 Å². The second-order valence-electron chi connectivity index (χ2n) is 5.74. The number of fused-ring (bicyclic) bond motifs is 3. The van der Waals surface area contributed by atoms with Gasteiger partial charge in [0.05, 0.1) is 26.2 Å². The van der Waals surface area contributed by atoms with Crippen molar-refractivity contribution in [2.24, 2.45) is 5.41 Å². The highest BCUT2D eigenvalue weighted by molar-refractivity contribution is 4.86. The van der Waals surface area contributed by atoms with Gasteiger partial charge in [-0.3, -0.25) is 0 Å². The Balaban J connectivity index is 1.98. The molecule has 3 saturated heterocycles. The molecule has 0 spiro atoms. The summed E-state index contributed by atoms with van der Waals surface area (Å²) in [5, 5.41) is 0. The van der Waals surface area contributed by atoms with Crippen molar-refractivity contribution in [1.29, 1.82) is 0 Å². The Bertz CT molecular complexity index is 151. The van der Waals surface area contributed by atoms with Gasteiger partial charge in [-0.25, -0.2) is 0 Å². The lowest BCUT2D eigenvalue weighted by molar-refractivity contribution is -0.945. The summed E-state index contributed by atoms with van der Waals surface area (Å²) in [5.41, 5.74) is 0.794. The van der Waals surface area contributed by atoms with Gasteiger partial charge in [-0.05, 0) is 18.3 Å². The lowest BCUT2D eigenvalue weighted by atomic mass is 9.68. The van der Waals surface area contributed by atoms with Crippen LogP contribution in [0.15, 0.2) is 0 Å². The SMILES string of the molecule is CCCC12CC[N+](CCC)(CC1)CC2. The molecule has 3 aliphatic rings. The first-order chi connectivity index (χ1) is 6.74. The lowest BCUT2D eigenvalue weighted by Gasteiger charge is -2.55. The van der Waals surface area contributed by atoms with E-state index in [1.54, 1.807) is 0 Å². The maximum absolute atomic E-state index is 2.35. The van der Waals surface area contributed by atoms with Crippen molar-refractivity contribution >= 4 is 0 Å². The van der Waals surface area contributed by atoms with Crippen LogP contribution in [0.4, 0.5) is 0 Å². The summed E-state index contributed by atoms with van der Waals surface area (Å²) in [7, 11) is 0. The molecule has 0 atom stereocenters. The van der Waals surface area contributed by atoms with Gasteiger partial charge >= 0.3 is 0 Å². The summed E-state index contributed by atoms with van der Waals surface area (Å²) in [4.78, 5) is 0. The van der Waals surface area contributed by atoms with Crippen LogP contribution in [0.3, 0.4) is 0 Å². The molecule has 2 bridgehead atoms. The zero-order valence-corrected chi connectivity index (χ0v) is 10.0. The van der Waals surface area contributed by atoms with Crippen molar-refractivity contribution in [3.05, 3.63) is 0 Å². The van der Waals surface area contributed by atoms with E-state index in [0.717, 1.165) is 5.41 Å². The molecule has 3 heterocycles. The van der Waals surface area contributed by atoms with E-state index in [9.17, 15) is 0 Å². The standard InChI is InChI=1S/C13H26N/c1-3-5-13-6-10-14(9-4-2,11-7-13)12-8-13/h3-12H2,1-2H3/q+1. The molecular weight excluding hydrogens is 170 g/mol. The Labute approximate surface area is 89.1 Å². The molecule has 0 aromatic carbocycles. The second kappa shape index (κ2) is 3.84. The third-order valence-electron chi connectivity index (χ3n) is 4.83. The predicted molar refractivity (Wildman–Crippen MR) is 61.2 cm³/mol. The van der Waals surface area contributed by atoms with Gasteiger partial charge in [0.2, 0.25) is 0 Å². The van der Waals surface area contributed by atoms with Crippen molar-refractivity contribution in [1.82, 2.24) is 0 Å². The molecule has 0 unspecified atom stereocenters. The Kier molecular flexibility index (Phi) is 2.88. The van der Waals surface area contributed by atoms with Crippen LogP contribution in [-0.4, -0.2) is 30.7 Å². The van der Waals surface area contributed by atoms with E-state index in [4.69, 9.17) is 0 Å². The average Bonchev–Trinajstić information content (AvgIpc) is 2.22. The number of hydrogen-bond donors (Lipinski definition) is 0. The van der Waals surface area contributed by atoms with Crippen LogP contribution in [-0.2, 0) is 0 Å². The summed E-state index contributed by atoms with van der Waals surface area (Å²) in [5.74, 6) is 0. The maximum atomic E-state index is 2.35. The zero-order valence-electron chi connectivity index (χ0n) is 10.0. The van der Waals surface area contributed by atoms with Gasteiger partial charge in [0.15, 0.2) is 0 Å². The van der Waals surface area contributed by atoms with Crippen molar-refractivity contribution in [3.63, 3.8) is 0 Å². The van der Waals surface area contributed by atoms with E-state index in [2.05, 4.69) is 13.8 Å². The lowest BCUT2D eigenvalue weighted by Crippen LogP contribution is -2.61. The minimum atomic E-state index is 0.794. The molecule has 14 heavy (non-hydrogen) atoms. The number of hydrogen-bond acceptors (Lipinski definition) is 0. The van der Waals surface area contributed by atoms with E-state index in [1.165, 1.54) is 69.2 Å². The molecule has 3 rings (SSSR count). The Morgan fingerprint density at radius 1 is 0.929 bits per heavy atom. The Morgan fingerprint density at radius 2 is 1.50 bits per heavy atom. The molecular formula is C13H26N+. The molecule has 0 aromatic heterocycles. The van der Waals surface area contributed by atoms with Gasteiger partial charge in [-0.1, -0.05) is 20.3 Å². The Hall–Kier alpha value is -0.0400. The van der Waals surface area contributed by atoms with Gasteiger partial charge < -0.3 is 4.48 Å². The molecule has 0 radical (unpaired) electrons. The first kappa shape index (κ1) is 10.5. The van der Waals surface area contributed by atoms with Crippen LogP contribution >= 0.6 is 0 Å². The monoisotopic (exact) mass is 196 g/mol. The molecule has 0 amide bonds. The minimum absolute atomic E-state index is 0.794. The van der Waals surface area contributed by atoms with Crippen LogP contribution in [0.25, 0.3) is 0 Å². The molecule has 3 fully saturated rings. The van der Waals surface area contributed by atoms with Gasteiger partial charge in [0, 0.05) is 19.3 Å². The largest absolute Gasteiger partial charge is 0.324 e. The predicted octanol–water partition coefficient (Wildman–Crippen LogP) is 3.20. The zero-order chi connectivity index (χ0) is 10.1. The number of quaternary nitrogens is 1. The van der Waals surface area contributed by atoms with E-state index in [-0.39, 0.29) is 0 Å². The molecule has 1 nitrogen and oxygen atoms in total. The van der Waals surface area contributed by atoms with Crippen molar-refractivity contribution < 1.29 is 4.48 Å². The van der Waals surface area contributed by atoms with Gasteiger partial charge in [-0.15, -0.1) is 0 Å². The third kappa shape index (κ3) is 1.71. The van der Waals surface area contributed by atoms with Crippen LogP contribution < -0.4 is 0 Å². The quantitative estimate of drug-likeness (QED) is 0.606. The first-order valence-corrected chi connectivity index (χ1v) is 6.59. The highest BCUT2D eigenvalue weighted by Gasteiger charge is 2.47. The van der Waals surface area contributed by atoms with Gasteiger partial charge in [0.1, 0.15) is 0 Å². The molecule has 82 valence electrons. The first-order valence-electron chi connectivity index (χ1n) is 6.59. The number of nitrogens with zero attached hydrogens (tertiary/aromatic N) is 1. The summed E-state index contributed by atoms with van der Waals surface area (Å²) >= 11 is 0. The van der Waals surface area contributed by atoms with Crippen molar-refractivity contribution in [2.45, 2.75) is 52.4 Å². The summed E-state index contributed by atoms with van der Waals surface area (Å²) in [6.45, 7) is 10.6. The number of rotatable bonds is 4. The van der Waals surface area contributed by atoms with E-state index in [1.807, 2.05) is 0 Å². The van der Waals surface area contributed by atoms with Crippen LogP contribution in [0, 0.1) is 5.41 Å². The topological polar surface area (TPSA) is 0 Å². The fourth-order valence-electron chi connectivity index (χ4n) is 3.85. The smallest absolute Gasteiger partial charge is 0.0792 e. The highest BCUT2D eigenvalue weighted by atomic mass is 15.4. The average molecular weight is 196 g/mol. The summed E-state index contributed by atoms with van der Waals surface area (Å²) < 4.78 is 1.47. The van der Waals surface area contributed by atoms with Crippen molar-refractivity contribution in [3.8, 4) is 0 Å². The highest BCUT2D eigenvalue weighted by Crippen LogP contribution is 2.46. The van der Waals surface area contributed by atoms with Gasteiger partial charge in [0.25, 0.3) is 0 Å². The summed E-state index contributed by atoms with van der Waals surface area (Å²) in [6, 6.07) is 0.